The summed E-state index contributed by atoms with van der Waals surface area (Å²) in [5.41, 5.74) is 0. The van der Waals surface area contributed by atoms with Crippen molar-refractivity contribution in [3.8, 4) is 0 Å². The van der Waals surface area contributed by atoms with Gasteiger partial charge in [-0.15, -0.1) is 0 Å². The van der Waals surface area contributed by atoms with Crippen molar-refractivity contribution in [2.24, 2.45) is 0 Å². The topological polar surface area (TPSA) is 215 Å². The van der Waals surface area contributed by atoms with Gasteiger partial charge >= 0.3 is 36.4 Å². The normalized spacial score (nSPS) is 5.36. The van der Waals surface area contributed by atoms with Crippen LogP contribution in [0.2, 0.25) is 0 Å². The van der Waals surface area contributed by atoms with Crippen LogP contribution >= 0.6 is 19.0 Å². The van der Waals surface area contributed by atoms with Crippen molar-refractivity contribution in [1.82, 2.24) is 0 Å². The molecule has 0 saturated carbocycles. The molecule has 11 heavy (non-hydrogen) atoms. The molecule has 0 aromatic heterocycles. The Morgan fingerprint density at radius 2 is 0.909 bits per heavy atom. The SMILES string of the molecule is O.O.O.O.O.O=P(O)(O)S.[NaH]. The third kappa shape index (κ3) is 578. The number of thiol groups is 1. The van der Waals surface area contributed by atoms with E-state index in [1.807, 2.05) is 0 Å². The van der Waals surface area contributed by atoms with Gasteiger partial charge in [0.1, 0.15) is 0 Å². The molecule has 0 aliphatic carbocycles. The second-order valence-corrected chi connectivity index (χ2v) is 3.10. The molecule has 0 bridgehead atoms. The molecule has 0 rings (SSSR count). The molecule has 0 aliphatic rings. The summed E-state index contributed by atoms with van der Waals surface area (Å²) in [7, 11) is 0. The van der Waals surface area contributed by atoms with E-state index in [4.69, 9.17) is 9.79 Å². The molecule has 0 radical (unpaired) electrons. The van der Waals surface area contributed by atoms with Crippen molar-refractivity contribution >= 4 is 48.6 Å². The van der Waals surface area contributed by atoms with Crippen LogP contribution in [0.4, 0.5) is 0 Å². The van der Waals surface area contributed by atoms with Crippen molar-refractivity contribution in [2.45, 2.75) is 0 Å². The van der Waals surface area contributed by atoms with Gasteiger partial charge < -0.3 is 37.2 Å². The Morgan fingerprint density at radius 1 is 0.909 bits per heavy atom. The molecule has 8 nitrogen and oxygen atoms in total. The fourth-order valence-electron chi connectivity index (χ4n) is 0. The molecule has 0 unspecified atom stereocenters. The van der Waals surface area contributed by atoms with Gasteiger partial charge in [-0.25, -0.2) is 4.57 Å². The molecule has 12 N–H and O–H groups in total. The van der Waals surface area contributed by atoms with Crippen molar-refractivity contribution in [3.63, 3.8) is 0 Å². The molecule has 0 aliphatic heterocycles. The average Bonchev–Trinajstić information content (AvgIpc) is 0.722. The molecule has 0 saturated heterocycles. The van der Waals surface area contributed by atoms with Crippen LogP contribution < -0.4 is 0 Å². The van der Waals surface area contributed by atoms with Crippen LogP contribution in [0, 0.1) is 0 Å². The fourth-order valence-corrected chi connectivity index (χ4v) is 0. The first kappa shape index (κ1) is 55.9. The minimum absolute atomic E-state index is 0. The van der Waals surface area contributed by atoms with Crippen LogP contribution in [0.15, 0.2) is 0 Å². The van der Waals surface area contributed by atoms with Crippen LogP contribution in [0.1, 0.15) is 0 Å². The molecule has 0 spiro atoms. The monoisotopic (exact) mass is 228 g/mol. The van der Waals surface area contributed by atoms with Crippen LogP contribution in [-0.2, 0) is 4.57 Å². The van der Waals surface area contributed by atoms with Crippen LogP contribution in [0.3, 0.4) is 0 Å². The average molecular weight is 228 g/mol. The van der Waals surface area contributed by atoms with E-state index in [1.165, 1.54) is 0 Å². The van der Waals surface area contributed by atoms with E-state index in [0.717, 1.165) is 0 Å². The van der Waals surface area contributed by atoms with Gasteiger partial charge in [-0.3, -0.25) is 0 Å². The Bertz CT molecular complexity index is 60.2. The molecule has 11 heteroatoms. The van der Waals surface area contributed by atoms with E-state index in [2.05, 4.69) is 12.2 Å². The molecule has 74 valence electrons. The second-order valence-electron chi connectivity index (χ2n) is 0.513. The maximum absolute atomic E-state index is 9.19. The number of hydrogen-bond acceptors (Lipinski definition) is 1. The first-order valence-corrected chi connectivity index (χ1v) is 3.55. The predicted molar refractivity (Wildman–Crippen MR) is 46.2 cm³/mol. The van der Waals surface area contributed by atoms with Crippen LogP contribution in [0.25, 0.3) is 0 Å². The standard InChI is InChI=1S/Na.H3O3PS.5H2O.H/c;1-4(2,3)5;;;;;;/h;(H3,1,2,3,5);5*1H2;. The molecule has 0 amide bonds. The second kappa shape index (κ2) is 22.5. The summed E-state index contributed by atoms with van der Waals surface area (Å²) in [6.45, 7) is -3.94. The van der Waals surface area contributed by atoms with Gasteiger partial charge in [-0.2, -0.15) is 0 Å². The van der Waals surface area contributed by atoms with Crippen molar-refractivity contribution in [3.05, 3.63) is 0 Å². The first-order valence-electron chi connectivity index (χ1n) is 0.783. The number of rotatable bonds is 0. The Labute approximate surface area is 90.1 Å². The summed E-state index contributed by atoms with van der Waals surface area (Å²) >= 11 is 2.79. The van der Waals surface area contributed by atoms with E-state index in [9.17, 15) is 4.57 Å². The first-order chi connectivity index (χ1) is 2.00. The van der Waals surface area contributed by atoms with Crippen molar-refractivity contribution < 1.29 is 41.7 Å². The van der Waals surface area contributed by atoms with E-state index in [1.54, 1.807) is 0 Å². The quantitative estimate of drug-likeness (QED) is 0.211. The molecular formula is H14NaO8PS. The summed E-state index contributed by atoms with van der Waals surface area (Å²) in [5.74, 6) is 0. The van der Waals surface area contributed by atoms with Gasteiger partial charge in [0, 0.05) is 0 Å². The molecule has 0 heterocycles. The summed E-state index contributed by atoms with van der Waals surface area (Å²) in [5, 5.41) is 0. The predicted octanol–water partition coefficient (Wildman–Crippen LogP) is -4.76. The Hall–Kier alpha value is 1.30. The summed E-state index contributed by atoms with van der Waals surface area (Å²) in [6, 6.07) is 0. The van der Waals surface area contributed by atoms with E-state index < -0.39 is 6.80 Å². The Balaban J connectivity index is -0.00000000533. The van der Waals surface area contributed by atoms with Crippen molar-refractivity contribution in [2.75, 3.05) is 0 Å². The molecule has 0 aromatic rings. The van der Waals surface area contributed by atoms with Gasteiger partial charge in [0.2, 0.25) is 0 Å². The summed E-state index contributed by atoms with van der Waals surface area (Å²) in [4.78, 5) is 15.0. The summed E-state index contributed by atoms with van der Waals surface area (Å²) in [6.07, 6.45) is 0. The third-order valence-electron chi connectivity index (χ3n) is 0. The van der Waals surface area contributed by atoms with E-state index in [-0.39, 0.29) is 56.9 Å². The fraction of sp³-hybridized carbons (Fsp3) is 0. The Kier molecular flexibility index (Phi) is 114. The minimum atomic E-state index is -3.94. The van der Waals surface area contributed by atoms with Gasteiger partial charge in [0.25, 0.3) is 0 Å². The van der Waals surface area contributed by atoms with Gasteiger partial charge in [0.05, 0.1) is 0 Å². The Morgan fingerprint density at radius 3 is 0.909 bits per heavy atom. The zero-order chi connectivity index (χ0) is 4.50. The van der Waals surface area contributed by atoms with Gasteiger partial charge in [-0.1, -0.05) is 12.2 Å². The summed E-state index contributed by atoms with van der Waals surface area (Å²) < 4.78 is 9.19. The van der Waals surface area contributed by atoms with E-state index >= 15 is 0 Å². The number of hydrogen-bond donors (Lipinski definition) is 3. The van der Waals surface area contributed by atoms with E-state index in [0.29, 0.717) is 0 Å². The van der Waals surface area contributed by atoms with Gasteiger partial charge in [-0.05, 0) is 0 Å². The molecule has 0 aromatic carbocycles. The zero-order valence-corrected chi connectivity index (χ0v) is 6.49. The third-order valence-corrected chi connectivity index (χ3v) is 0. The maximum atomic E-state index is 9.19. The van der Waals surface area contributed by atoms with Crippen LogP contribution in [-0.4, -0.2) is 66.7 Å². The molecule has 0 atom stereocenters. The van der Waals surface area contributed by atoms with Crippen LogP contribution in [0.5, 0.6) is 0 Å². The zero-order valence-electron chi connectivity index (χ0n) is 4.70. The van der Waals surface area contributed by atoms with Crippen molar-refractivity contribution in [1.29, 1.82) is 0 Å². The molecule has 0 fully saturated rings. The van der Waals surface area contributed by atoms with Gasteiger partial charge in [0.15, 0.2) is 0 Å². The molecular weight excluding hydrogens is 214 g/mol.